The Labute approximate surface area is 93.5 Å². The zero-order valence-electron chi connectivity index (χ0n) is 8.18. The van der Waals surface area contributed by atoms with Gasteiger partial charge >= 0.3 is 0 Å². The first-order valence-electron chi connectivity index (χ1n) is 4.73. The molecule has 1 aromatic heterocycles. The third kappa shape index (κ3) is 2.37. The van der Waals surface area contributed by atoms with E-state index in [9.17, 15) is 0 Å². The fourth-order valence-corrected chi connectivity index (χ4v) is 1.77. The van der Waals surface area contributed by atoms with Crippen molar-refractivity contribution in [1.82, 2.24) is 9.55 Å². The van der Waals surface area contributed by atoms with E-state index in [1.54, 1.807) is 12.5 Å². The van der Waals surface area contributed by atoms with E-state index in [0.717, 1.165) is 5.56 Å². The molecule has 78 valence electrons. The van der Waals surface area contributed by atoms with E-state index in [2.05, 4.69) is 4.98 Å². The number of rotatable bonds is 3. The largest absolute Gasteiger partial charge is 0.336 e. The Morgan fingerprint density at radius 1 is 1.40 bits per heavy atom. The molecule has 4 heteroatoms. The van der Waals surface area contributed by atoms with Gasteiger partial charge in [-0.25, -0.2) is 4.98 Å². The summed E-state index contributed by atoms with van der Waals surface area (Å²) in [5.74, 6) is 0. The van der Waals surface area contributed by atoms with Crippen molar-refractivity contribution in [3.63, 3.8) is 0 Å². The van der Waals surface area contributed by atoms with Crippen molar-refractivity contribution in [3.05, 3.63) is 53.6 Å². The van der Waals surface area contributed by atoms with Gasteiger partial charge in [0.2, 0.25) is 0 Å². The molecule has 15 heavy (non-hydrogen) atoms. The lowest BCUT2D eigenvalue weighted by atomic mass is 10.1. The third-order valence-electron chi connectivity index (χ3n) is 2.27. The highest BCUT2D eigenvalue weighted by Crippen LogP contribution is 2.21. The predicted octanol–water partition coefficient (Wildman–Crippen LogP) is 2.24. The van der Waals surface area contributed by atoms with E-state index < -0.39 is 0 Å². The van der Waals surface area contributed by atoms with E-state index in [1.807, 2.05) is 35.0 Å². The molecule has 0 spiro atoms. The van der Waals surface area contributed by atoms with Crippen LogP contribution in [0.1, 0.15) is 11.6 Å². The Hall–Kier alpha value is -1.32. The second-order valence-corrected chi connectivity index (χ2v) is 3.79. The summed E-state index contributed by atoms with van der Waals surface area (Å²) in [7, 11) is 0. The molecule has 1 aromatic carbocycles. The summed E-state index contributed by atoms with van der Waals surface area (Å²) in [5, 5.41) is 0.713. The first-order chi connectivity index (χ1) is 7.27. The van der Waals surface area contributed by atoms with Crippen LogP contribution >= 0.6 is 11.6 Å². The number of hydrogen-bond acceptors (Lipinski definition) is 2. The molecule has 1 heterocycles. The highest BCUT2D eigenvalue weighted by atomic mass is 35.5. The van der Waals surface area contributed by atoms with Crippen LogP contribution in [0.15, 0.2) is 43.0 Å². The van der Waals surface area contributed by atoms with E-state index in [1.165, 1.54) is 0 Å². The second kappa shape index (κ2) is 4.47. The molecule has 2 N–H and O–H groups in total. The number of nitrogens with zero attached hydrogens (tertiary/aromatic N) is 2. The van der Waals surface area contributed by atoms with Gasteiger partial charge in [-0.05, 0) is 11.6 Å². The standard InChI is InChI=1S/C11H12ClN3/c12-10-4-2-1-3-9(10)11(13)7-15-6-5-14-8-15/h1-6,8,11H,7,13H2. The Bertz CT molecular complexity index is 425. The van der Waals surface area contributed by atoms with Gasteiger partial charge in [-0.2, -0.15) is 0 Å². The van der Waals surface area contributed by atoms with Crippen molar-refractivity contribution >= 4 is 11.6 Å². The van der Waals surface area contributed by atoms with Crippen LogP contribution in [0.5, 0.6) is 0 Å². The lowest BCUT2D eigenvalue weighted by Gasteiger charge is -2.13. The van der Waals surface area contributed by atoms with Crippen molar-refractivity contribution in [2.45, 2.75) is 12.6 Å². The molecule has 1 atom stereocenters. The number of benzene rings is 1. The molecule has 0 aliphatic carbocycles. The van der Waals surface area contributed by atoms with Crippen LogP contribution in [0, 0.1) is 0 Å². The molecular weight excluding hydrogens is 210 g/mol. The lowest BCUT2D eigenvalue weighted by molar-refractivity contribution is 0.576. The molecule has 2 aromatic rings. The second-order valence-electron chi connectivity index (χ2n) is 3.39. The molecule has 0 fully saturated rings. The maximum Gasteiger partial charge on any atom is 0.0946 e. The molecule has 2 rings (SSSR count). The van der Waals surface area contributed by atoms with E-state index in [-0.39, 0.29) is 6.04 Å². The van der Waals surface area contributed by atoms with Crippen molar-refractivity contribution in [2.24, 2.45) is 5.73 Å². The molecule has 0 radical (unpaired) electrons. The van der Waals surface area contributed by atoms with Crippen LogP contribution in [-0.4, -0.2) is 9.55 Å². The molecule has 0 saturated heterocycles. The van der Waals surface area contributed by atoms with Crippen LogP contribution in [0.2, 0.25) is 5.02 Å². The number of aromatic nitrogens is 2. The summed E-state index contributed by atoms with van der Waals surface area (Å²) in [6, 6.07) is 7.53. The van der Waals surface area contributed by atoms with Gasteiger partial charge in [-0.3, -0.25) is 0 Å². The third-order valence-corrected chi connectivity index (χ3v) is 2.62. The molecule has 0 saturated carbocycles. The van der Waals surface area contributed by atoms with E-state index >= 15 is 0 Å². The van der Waals surface area contributed by atoms with Crippen molar-refractivity contribution in [3.8, 4) is 0 Å². The molecule has 1 unspecified atom stereocenters. The van der Waals surface area contributed by atoms with Gasteiger partial charge in [-0.1, -0.05) is 29.8 Å². The summed E-state index contributed by atoms with van der Waals surface area (Å²) >= 11 is 6.05. The molecular formula is C11H12ClN3. The zero-order chi connectivity index (χ0) is 10.7. The molecule has 3 nitrogen and oxygen atoms in total. The lowest BCUT2D eigenvalue weighted by Crippen LogP contribution is -2.17. The summed E-state index contributed by atoms with van der Waals surface area (Å²) in [6.07, 6.45) is 5.37. The SMILES string of the molecule is NC(Cn1ccnc1)c1ccccc1Cl. The normalized spacial score (nSPS) is 12.7. The summed E-state index contributed by atoms with van der Waals surface area (Å²) in [4.78, 5) is 3.97. The van der Waals surface area contributed by atoms with Crippen molar-refractivity contribution < 1.29 is 0 Å². The number of nitrogens with two attached hydrogens (primary N) is 1. The molecule has 0 bridgehead atoms. The number of hydrogen-bond donors (Lipinski definition) is 1. The van der Waals surface area contributed by atoms with Crippen LogP contribution in [-0.2, 0) is 6.54 Å². The van der Waals surface area contributed by atoms with Gasteiger partial charge in [0.1, 0.15) is 0 Å². The van der Waals surface area contributed by atoms with Gasteiger partial charge in [0, 0.05) is 30.0 Å². The Kier molecular flexibility index (Phi) is 3.04. The van der Waals surface area contributed by atoms with Crippen molar-refractivity contribution in [2.75, 3.05) is 0 Å². The van der Waals surface area contributed by atoms with Crippen LogP contribution in [0.3, 0.4) is 0 Å². The van der Waals surface area contributed by atoms with Crippen LogP contribution in [0.25, 0.3) is 0 Å². The molecule has 0 aliphatic rings. The van der Waals surface area contributed by atoms with Gasteiger partial charge in [0.05, 0.1) is 6.33 Å². The fourth-order valence-electron chi connectivity index (χ4n) is 1.50. The average Bonchev–Trinajstić information content (AvgIpc) is 2.71. The quantitative estimate of drug-likeness (QED) is 0.864. The van der Waals surface area contributed by atoms with Gasteiger partial charge in [-0.15, -0.1) is 0 Å². The first-order valence-corrected chi connectivity index (χ1v) is 5.11. The van der Waals surface area contributed by atoms with Crippen molar-refractivity contribution in [1.29, 1.82) is 0 Å². The van der Waals surface area contributed by atoms with E-state index in [4.69, 9.17) is 17.3 Å². The maximum absolute atomic E-state index is 6.05. The van der Waals surface area contributed by atoms with Crippen LogP contribution in [0.4, 0.5) is 0 Å². The maximum atomic E-state index is 6.05. The zero-order valence-corrected chi connectivity index (χ0v) is 8.93. The van der Waals surface area contributed by atoms with Crippen LogP contribution < -0.4 is 5.73 Å². The first kappa shape index (κ1) is 10.2. The Morgan fingerprint density at radius 3 is 2.87 bits per heavy atom. The highest BCUT2D eigenvalue weighted by molar-refractivity contribution is 6.31. The summed E-state index contributed by atoms with van der Waals surface area (Å²) in [6.45, 7) is 0.684. The number of halogens is 1. The monoisotopic (exact) mass is 221 g/mol. The number of imidazole rings is 1. The highest BCUT2D eigenvalue weighted by Gasteiger charge is 2.09. The summed E-state index contributed by atoms with van der Waals surface area (Å²) < 4.78 is 1.94. The van der Waals surface area contributed by atoms with Gasteiger partial charge in [0.15, 0.2) is 0 Å². The van der Waals surface area contributed by atoms with Gasteiger partial charge in [0.25, 0.3) is 0 Å². The van der Waals surface area contributed by atoms with E-state index in [0.29, 0.717) is 11.6 Å². The topological polar surface area (TPSA) is 43.8 Å². The Balaban J connectivity index is 2.15. The smallest absolute Gasteiger partial charge is 0.0946 e. The predicted molar refractivity (Wildman–Crippen MR) is 60.6 cm³/mol. The fraction of sp³-hybridized carbons (Fsp3) is 0.182. The average molecular weight is 222 g/mol. The minimum atomic E-state index is -0.104. The minimum Gasteiger partial charge on any atom is -0.336 e. The van der Waals surface area contributed by atoms with Gasteiger partial charge < -0.3 is 10.3 Å². The molecule has 0 amide bonds. The Morgan fingerprint density at radius 2 is 2.20 bits per heavy atom. The molecule has 0 aliphatic heterocycles. The minimum absolute atomic E-state index is 0.104. The summed E-state index contributed by atoms with van der Waals surface area (Å²) in [5.41, 5.74) is 7.02.